The van der Waals surface area contributed by atoms with E-state index < -0.39 is 6.98 Å². The van der Waals surface area contributed by atoms with Crippen LogP contribution in [-0.2, 0) is 6.98 Å². The lowest BCUT2D eigenvalue weighted by molar-refractivity contribution is 0.306. The summed E-state index contributed by atoms with van der Waals surface area (Å²) in [6.45, 7) is 1.91. The van der Waals surface area contributed by atoms with E-state index in [0.717, 1.165) is 28.5 Å². The van der Waals surface area contributed by atoms with Crippen LogP contribution < -0.4 is 4.74 Å². The Morgan fingerprint density at radius 3 is 2.94 bits per heavy atom. The SMILES string of the molecule is [2H]C([2H])([2H])n1cc2c(C(C)C)ccc(OC3CC3)c2n1. The Kier molecular flexibility index (Phi) is 1.71. The first-order valence-corrected chi connectivity index (χ1v) is 6.05. The summed E-state index contributed by atoms with van der Waals surface area (Å²) < 4.78 is 29.4. The van der Waals surface area contributed by atoms with E-state index in [9.17, 15) is 0 Å². The molecule has 3 rings (SSSR count). The van der Waals surface area contributed by atoms with Crippen LogP contribution in [0, 0.1) is 0 Å². The van der Waals surface area contributed by atoms with Crippen molar-refractivity contribution in [2.24, 2.45) is 6.98 Å². The van der Waals surface area contributed by atoms with Crippen molar-refractivity contribution < 1.29 is 8.85 Å². The molecule has 3 heteroatoms. The highest BCUT2D eigenvalue weighted by atomic mass is 16.5. The molecule has 0 N–H and O–H groups in total. The maximum atomic E-state index is 7.50. The van der Waals surface area contributed by atoms with Gasteiger partial charge in [0.2, 0.25) is 0 Å². The van der Waals surface area contributed by atoms with Crippen LogP contribution in [0.5, 0.6) is 5.75 Å². The topological polar surface area (TPSA) is 27.1 Å². The highest BCUT2D eigenvalue weighted by Crippen LogP contribution is 2.34. The highest BCUT2D eigenvalue weighted by Gasteiger charge is 2.25. The molecule has 1 heterocycles. The van der Waals surface area contributed by atoms with Gasteiger partial charge in [-0.2, -0.15) is 5.10 Å². The molecular weight excluding hydrogens is 212 g/mol. The van der Waals surface area contributed by atoms with Gasteiger partial charge in [-0.25, -0.2) is 0 Å². The first-order valence-electron chi connectivity index (χ1n) is 7.55. The molecule has 1 saturated carbocycles. The van der Waals surface area contributed by atoms with Gasteiger partial charge in [-0.1, -0.05) is 19.9 Å². The molecule has 1 aliphatic carbocycles. The summed E-state index contributed by atoms with van der Waals surface area (Å²) in [4.78, 5) is 0. The molecule has 0 atom stereocenters. The minimum absolute atomic E-state index is 0.265. The fourth-order valence-electron chi connectivity index (χ4n) is 2.07. The minimum Gasteiger partial charge on any atom is -0.488 e. The van der Waals surface area contributed by atoms with Crippen molar-refractivity contribution in [3.05, 3.63) is 23.9 Å². The number of rotatable bonds is 3. The molecule has 0 radical (unpaired) electrons. The standard InChI is InChI=1S/C14H18N2O/c1-9(2)11-6-7-13(17-10-4-5-10)14-12(11)8-16(3)15-14/h6-10H,4-5H2,1-3H3/i3D3. The lowest BCUT2D eigenvalue weighted by Crippen LogP contribution is -1.98. The zero-order valence-corrected chi connectivity index (χ0v) is 10.1. The normalized spacial score (nSPS) is 19.1. The first-order chi connectivity index (χ1) is 9.36. The van der Waals surface area contributed by atoms with Gasteiger partial charge in [0.25, 0.3) is 0 Å². The molecule has 0 amide bonds. The number of hydrogen-bond acceptors (Lipinski definition) is 2. The Bertz CT molecular complexity index is 642. The molecule has 3 nitrogen and oxygen atoms in total. The zero-order chi connectivity index (χ0) is 14.5. The van der Waals surface area contributed by atoms with Crippen LogP contribution >= 0.6 is 0 Å². The van der Waals surface area contributed by atoms with Crippen molar-refractivity contribution in [3.63, 3.8) is 0 Å². The lowest BCUT2D eigenvalue weighted by Gasteiger charge is -2.10. The van der Waals surface area contributed by atoms with Crippen LogP contribution in [0.2, 0.25) is 0 Å². The van der Waals surface area contributed by atoms with Crippen molar-refractivity contribution >= 4 is 10.9 Å². The largest absolute Gasteiger partial charge is 0.488 e. The van der Waals surface area contributed by atoms with Crippen LogP contribution in [0.25, 0.3) is 10.9 Å². The van der Waals surface area contributed by atoms with Crippen molar-refractivity contribution in [1.29, 1.82) is 0 Å². The van der Waals surface area contributed by atoms with Gasteiger partial charge in [-0.3, -0.25) is 4.68 Å². The fourth-order valence-corrected chi connectivity index (χ4v) is 2.07. The Morgan fingerprint density at radius 2 is 2.29 bits per heavy atom. The Morgan fingerprint density at radius 1 is 1.47 bits per heavy atom. The van der Waals surface area contributed by atoms with Crippen molar-refractivity contribution in [1.82, 2.24) is 9.78 Å². The smallest absolute Gasteiger partial charge is 0.147 e. The number of aryl methyl sites for hydroxylation is 1. The summed E-state index contributed by atoms with van der Waals surface area (Å²) in [6.07, 6.45) is 4.00. The Balaban J connectivity index is 2.16. The van der Waals surface area contributed by atoms with Gasteiger partial charge in [-0.05, 0) is 30.4 Å². The van der Waals surface area contributed by atoms with Crippen molar-refractivity contribution in [2.75, 3.05) is 0 Å². The van der Waals surface area contributed by atoms with Crippen molar-refractivity contribution in [2.45, 2.75) is 38.7 Å². The molecule has 1 aliphatic rings. The molecule has 0 saturated heterocycles. The number of fused-ring (bicyclic) bond motifs is 1. The van der Waals surface area contributed by atoms with Crippen LogP contribution in [-0.4, -0.2) is 15.9 Å². The summed E-state index contributed by atoms with van der Waals surface area (Å²) in [6, 6.07) is 3.92. The Hall–Kier alpha value is -1.51. The fraction of sp³-hybridized carbons (Fsp3) is 0.500. The molecule has 2 aromatic rings. The quantitative estimate of drug-likeness (QED) is 0.813. The van der Waals surface area contributed by atoms with E-state index >= 15 is 0 Å². The summed E-state index contributed by atoms with van der Waals surface area (Å²) in [5.41, 5.74) is 1.75. The Labute approximate surface area is 106 Å². The van der Waals surface area contributed by atoms with E-state index in [4.69, 9.17) is 8.85 Å². The predicted molar refractivity (Wildman–Crippen MR) is 68.5 cm³/mol. The molecule has 0 aliphatic heterocycles. The number of hydrogen-bond donors (Lipinski definition) is 0. The van der Waals surface area contributed by atoms with E-state index in [2.05, 4.69) is 18.9 Å². The number of ether oxygens (including phenoxy) is 1. The summed E-state index contributed by atoms with van der Waals surface area (Å²) in [7, 11) is 0. The monoisotopic (exact) mass is 233 g/mol. The van der Waals surface area contributed by atoms with Gasteiger partial charge in [0.05, 0.1) is 6.10 Å². The minimum atomic E-state index is -2.26. The third-order valence-electron chi connectivity index (χ3n) is 3.11. The van der Waals surface area contributed by atoms with E-state index in [0.29, 0.717) is 17.2 Å². The molecule has 90 valence electrons. The predicted octanol–water partition coefficient (Wildman–Crippen LogP) is 3.24. The molecule has 1 fully saturated rings. The van der Waals surface area contributed by atoms with Crippen LogP contribution in [0.15, 0.2) is 18.3 Å². The van der Waals surface area contributed by atoms with Crippen LogP contribution in [0.1, 0.15) is 42.3 Å². The highest BCUT2D eigenvalue weighted by molar-refractivity contribution is 5.87. The van der Waals surface area contributed by atoms with Gasteiger partial charge < -0.3 is 4.74 Å². The van der Waals surface area contributed by atoms with Crippen LogP contribution in [0.3, 0.4) is 0 Å². The maximum absolute atomic E-state index is 7.50. The second-order valence-corrected chi connectivity index (χ2v) is 4.96. The maximum Gasteiger partial charge on any atom is 0.147 e. The first kappa shape index (κ1) is 7.75. The number of aromatic nitrogens is 2. The van der Waals surface area contributed by atoms with Gasteiger partial charge in [0.1, 0.15) is 11.3 Å². The molecule has 0 bridgehead atoms. The number of nitrogens with zero attached hydrogens (tertiary/aromatic N) is 2. The molecule has 1 aromatic heterocycles. The van der Waals surface area contributed by atoms with Crippen LogP contribution in [0.4, 0.5) is 0 Å². The second kappa shape index (κ2) is 3.76. The van der Waals surface area contributed by atoms with Gasteiger partial charge in [0.15, 0.2) is 0 Å². The lowest BCUT2D eigenvalue weighted by atomic mass is 9.99. The summed E-state index contributed by atoms with van der Waals surface area (Å²) >= 11 is 0. The zero-order valence-electron chi connectivity index (χ0n) is 13.1. The van der Waals surface area contributed by atoms with E-state index in [1.165, 1.54) is 0 Å². The summed E-state index contributed by atoms with van der Waals surface area (Å²) in [5.74, 6) is 0.997. The molecular formula is C14H18N2O. The third kappa shape index (κ3) is 1.90. The third-order valence-corrected chi connectivity index (χ3v) is 3.11. The average Bonchev–Trinajstić information content (AvgIpc) is 3.03. The number of benzene rings is 1. The average molecular weight is 233 g/mol. The molecule has 17 heavy (non-hydrogen) atoms. The van der Waals surface area contributed by atoms with E-state index in [-0.39, 0.29) is 6.10 Å². The van der Waals surface area contributed by atoms with Gasteiger partial charge >= 0.3 is 0 Å². The van der Waals surface area contributed by atoms with Gasteiger partial charge in [0, 0.05) is 22.7 Å². The van der Waals surface area contributed by atoms with Gasteiger partial charge in [-0.15, -0.1) is 0 Å². The van der Waals surface area contributed by atoms with E-state index in [1.54, 1.807) is 6.20 Å². The van der Waals surface area contributed by atoms with Crippen molar-refractivity contribution in [3.8, 4) is 5.75 Å². The molecule has 0 spiro atoms. The second-order valence-electron chi connectivity index (χ2n) is 4.96. The van der Waals surface area contributed by atoms with E-state index in [1.807, 2.05) is 12.1 Å². The molecule has 1 aromatic carbocycles. The summed E-state index contributed by atoms with van der Waals surface area (Å²) in [5, 5.41) is 5.11. The molecule has 0 unspecified atom stereocenters.